The Morgan fingerprint density at radius 1 is 1.25 bits per heavy atom. The van der Waals surface area contributed by atoms with E-state index < -0.39 is 4.92 Å². The van der Waals surface area contributed by atoms with E-state index in [-0.39, 0.29) is 42.4 Å². The van der Waals surface area contributed by atoms with E-state index in [2.05, 4.69) is 24.1 Å². The van der Waals surface area contributed by atoms with Gasteiger partial charge in [-0.2, -0.15) is 0 Å². The van der Waals surface area contributed by atoms with Crippen LogP contribution < -0.4 is 5.32 Å². The Morgan fingerprint density at radius 2 is 1.88 bits per heavy atom. The number of non-ortho nitro benzene ring substituents is 1. The number of hydrogen-bond acceptors (Lipinski definition) is 4. The highest BCUT2D eigenvalue weighted by molar-refractivity contribution is 5.85. The first-order valence-electron chi connectivity index (χ1n) is 7.87. The van der Waals surface area contributed by atoms with Gasteiger partial charge in [-0.05, 0) is 24.8 Å². The van der Waals surface area contributed by atoms with Gasteiger partial charge < -0.3 is 5.32 Å². The molecule has 8 heteroatoms. The van der Waals surface area contributed by atoms with Gasteiger partial charge in [0.05, 0.1) is 4.92 Å². The van der Waals surface area contributed by atoms with E-state index >= 15 is 0 Å². The average Bonchev–Trinajstić information content (AvgIpc) is 2.49. The largest absolute Gasteiger partial charge is 0.314 e. The van der Waals surface area contributed by atoms with Crippen molar-refractivity contribution in [2.45, 2.75) is 32.7 Å². The summed E-state index contributed by atoms with van der Waals surface area (Å²) in [7, 11) is 0. The second-order valence-electron chi connectivity index (χ2n) is 6.24. The van der Waals surface area contributed by atoms with Crippen LogP contribution in [0, 0.1) is 21.8 Å². The summed E-state index contributed by atoms with van der Waals surface area (Å²) in [4.78, 5) is 12.8. The number of rotatable bonds is 6. The van der Waals surface area contributed by atoms with Gasteiger partial charge in [-0.15, -0.1) is 24.8 Å². The quantitative estimate of drug-likeness (QED) is 0.598. The molecule has 0 radical (unpaired) electrons. The Labute approximate surface area is 155 Å². The second kappa shape index (κ2) is 10.8. The summed E-state index contributed by atoms with van der Waals surface area (Å²) in [5, 5.41) is 14.3. The standard InChI is InChI=1S/C16H24FN3O2.2ClH/c1-12(2)3-6-16(19-9-7-18-8-10-19)14-11-13(20(21)22)4-5-15(14)17;;/h4-5,11-12,16,18H,3,6-10H2,1-2H3;2*1H/t16-;;/m0../s1. The first-order chi connectivity index (χ1) is 10.5. The van der Waals surface area contributed by atoms with Crippen molar-refractivity contribution in [1.82, 2.24) is 10.2 Å². The second-order valence-corrected chi connectivity index (χ2v) is 6.24. The fourth-order valence-corrected chi connectivity index (χ4v) is 2.92. The van der Waals surface area contributed by atoms with Crippen molar-refractivity contribution in [1.29, 1.82) is 0 Å². The maximum absolute atomic E-state index is 14.3. The number of piperazine rings is 1. The Morgan fingerprint density at radius 3 is 2.42 bits per heavy atom. The number of nitro benzene ring substituents is 1. The van der Waals surface area contributed by atoms with Gasteiger partial charge >= 0.3 is 0 Å². The molecule has 1 aromatic carbocycles. The molecule has 0 saturated carbocycles. The predicted octanol–water partition coefficient (Wildman–Crippen LogP) is 3.96. The first-order valence-corrected chi connectivity index (χ1v) is 7.87. The smallest absolute Gasteiger partial charge is 0.269 e. The maximum atomic E-state index is 14.3. The lowest BCUT2D eigenvalue weighted by Gasteiger charge is -2.35. The van der Waals surface area contributed by atoms with Crippen LogP contribution in [0.3, 0.4) is 0 Å². The zero-order valence-corrected chi connectivity index (χ0v) is 15.7. The molecular formula is C16H26Cl2FN3O2. The van der Waals surface area contributed by atoms with E-state index in [0.717, 1.165) is 39.0 Å². The Kier molecular flexibility index (Phi) is 10.4. The summed E-state index contributed by atoms with van der Waals surface area (Å²) in [5.74, 6) is 0.171. The summed E-state index contributed by atoms with van der Waals surface area (Å²) in [5.41, 5.74) is 0.415. The zero-order chi connectivity index (χ0) is 16.1. The van der Waals surface area contributed by atoms with Crippen LogP contribution in [0.25, 0.3) is 0 Å². The molecule has 1 atom stereocenters. The van der Waals surface area contributed by atoms with Crippen molar-refractivity contribution in [2.24, 2.45) is 5.92 Å². The van der Waals surface area contributed by atoms with Crippen LogP contribution in [0.15, 0.2) is 18.2 Å². The molecular weight excluding hydrogens is 356 g/mol. The number of nitro groups is 1. The lowest BCUT2D eigenvalue weighted by molar-refractivity contribution is -0.385. The normalized spacial score (nSPS) is 16.2. The summed E-state index contributed by atoms with van der Waals surface area (Å²) in [6.07, 6.45) is 1.78. The molecule has 138 valence electrons. The summed E-state index contributed by atoms with van der Waals surface area (Å²) >= 11 is 0. The Bertz CT molecular complexity index is 526. The lowest BCUT2D eigenvalue weighted by Crippen LogP contribution is -2.45. The molecule has 1 fully saturated rings. The molecule has 2 rings (SSSR count). The fourth-order valence-electron chi connectivity index (χ4n) is 2.92. The molecule has 1 N–H and O–H groups in total. The minimum atomic E-state index is -0.458. The monoisotopic (exact) mass is 381 g/mol. The van der Waals surface area contributed by atoms with Crippen LogP contribution in [0.1, 0.15) is 38.3 Å². The molecule has 5 nitrogen and oxygen atoms in total. The van der Waals surface area contributed by atoms with E-state index in [0.29, 0.717) is 11.5 Å². The van der Waals surface area contributed by atoms with Gasteiger partial charge in [0.2, 0.25) is 0 Å². The highest BCUT2D eigenvalue weighted by Crippen LogP contribution is 2.31. The van der Waals surface area contributed by atoms with Crippen LogP contribution in [0.5, 0.6) is 0 Å². The van der Waals surface area contributed by atoms with Crippen LogP contribution in [-0.4, -0.2) is 36.0 Å². The van der Waals surface area contributed by atoms with E-state index in [4.69, 9.17) is 0 Å². The molecule has 0 aromatic heterocycles. The van der Waals surface area contributed by atoms with Gasteiger partial charge in [-0.25, -0.2) is 4.39 Å². The predicted molar refractivity (Wildman–Crippen MR) is 98.8 cm³/mol. The number of nitrogens with one attached hydrogen (secondary N) is 1. The topological polar surface area (TPSA) is 58.4 Å². The Balaban J connectivity index is 0.00000264. The molecule has 1 aliphatic rings. The molecule has 0 aliphatic carbocycles. The van der Waals surface area contributed by atoms with Crippen molar-refractivity contribution >= 4 is 30.5 Å². The zero-order valence-electron chi connectivity index (χ0n) is 14.0. The van der Waals surface area contributed by atoms with Crippen LogP contribution in [0.4, 0.5) is 10.1 Å². The number of hydrogen-bond donors (Lipinski definition) is 1. The maximum Gasteiger partial charge on any atom is 0.269 e. The minimum absolute atomic E-state index is 0. The summed E-state index contributed by atoms with van der Waals surface area (Å²) < 4.78 is 14.3. The molecule has 0 spiro atoms. The van der Waals surface area contributed by atoms with Crippen molar-refractivity contribution in [3.05, 3.63) is 39.7 Å². The van der Waals surface area contributed by atoms with Crippen LogP contribution in [-0.2, 0) is 0 Å². The summed E-state index contributed by atoms with van der Waals surface area (Å²) in [6.45, 7) is 7.69. The Hall–Kier alpha value is -0.950. The van der Waals surface area contributed by atoms with Gasteiger partial charge in [0, 0.05) is 49.9 Å². The van der Waals surface area contributed by atoms with Crippen molar-refractivity contribution < 1.29 is 9.31 Å². The van der Waals surface area contributed by atoms with Gasteiger partial charge in [-0.3, -0.25) is 15.0 Å². The van der Waals surface area contributed by atoms with Crippen LogP contribution >= 0.6 is 24.8 Å². The van der Waals surface area contributed by atoms with E-state index in [1.165, 1.54) is 18.2 Å². The molecule has 1 saturated heterocycles. The van der Waals surface area contributed by atoms with Gasteiger partial charge in [0.15, 0.2) is 0 Å². The number of halogens is 3. The molecule has 1 heterocycles. The van der Waals surface area contributed by atoms with Crippen molar-refractivity contribution in [3.8, 4) is 0 Å². The van der Waals surface area contributed by atoms with Crippen LogP contribution in [0.2, 0.25) is 0 Å². The highest BCUT2D eigenvalue weighted by Gasteiger charge is 2.26. The fraction of sp³-hybridized carbons (Fsp3) is 0.625. The molecule has 1 aromatic rings. The third kappa shape index (κ3) is 6.16. The summed E-state index contributed by atoms with van der Waals surface area (Å²) in [6, 6.07) is 3.76. The third-order valence-corrected chi connectivity index (χ3v) is 4.16. The van der Waals surface area contributed by atoms with E-state index in [9.17, 15) is 14.5 Å². The van der Waals surface area contributed by atoms with E-state index in [1.54, 1.807) is 0 Å². The lowest BCUT2D eigenvalue weighted by atomic mass is 9.95. The average molecular weight is 382 g/mol. The van der Waals surface area contributed by atoms with E-state index in [1.807, 2.05) is 0 Å². The van der Waals surface area contributed by atoms with Crippen molar-refractivity contribution in [2.75, 3.05) is 26.2 Å². The SMILES string of the molecule is CC(C)CC[C@@H](c1cc([N+](=O)[O-])ccc1F)N1CCNCC1.Cl.Cl. The van der Waals surface area contributed by atoms with Gasteiger partial charge in [-0.1, -0.05) is 13.8 Å². The number of nitrogens with zero attached hydrogens (tertiary/aromatic N) is 2. The third-order valence-electron chi connectivity index (χ3n) is 4.16. The first kappa shape index (κ1) is 23.1. The van der Waals surface area contributed by atoms with Gasteiger partial charge in [0.25, 0.3) is 5.69 Å². The minimum Gasteiger partial charge on any atom is -0.314 e. The highest BCUT2D eigenvalue weighted by atomic mass is 35.5. The molecule has 0 unspecified atom stereocenters. The molecule has 0 amide bonds. The molecule has 0 bridgehead atoms. The molecule has 24 heavy (non-hydrogen) atoms. The molecule has 1 aliphatic heterocycles. The number of benzene rings is 1. The van der Waals surface area contributed by atoms with Gasteiger partial charge in [0.1, 0.15) is 5.82 Å². The van der Waals surface area contributed by atoms with Crippen molar-refractivity contribution in [3.63, 3.8) is 0 Å².